The number of ether oxygens (including phenoxy) is 1. The summed E-state index contributed by atoms with van der Waals surface area (Å²) in [7, 11) is 1.58. The van der Waals surface area contributed by atoms with E-state index in [0.717, 1.165) is 16.8 Å². The molecular formula is C13H13Cl2FN2O. The molecule has 0 aliphatic heterocycles. The molecule has 0 N–H and O–H groups in total. The number of benzene rings is 1. The van der Waals surface area contributed by atoms with Gasteiger partial charge in [0, 0.05) is 12.7 Å². The molecule has 1 heterocycles. The molecule has 19 heavy (non-hydrogen) atoms. The Balaban J connectivity index is 2.56. The molecule has 0 aliphatic rings. The van der Waals surface area contributed by atoms with E-state index >= 15 is 0 Å². The molecule has 0 aliphatic carbocycles. The van der Waals surface area contributed by atoms with Gasteiger partial charge in [0.25, 0.3) is 0 Å². The van der Waals surface area contributed by atoms with E-state index in [-0.39, 0.29) is 11.7 Å². The standard InChI is InChI=1S/C13H13Cl2FN2O/c1-8-5-9(16)3-4-12(8)18-13(15)10(6-14)11(17-18)7-19-2/h3-5H,6-7H2,1-2H3. The number of alkyl halides is 1. The highest BCUT2D eigenvalue weighted by Gasteiger charge is 2.17. The predicted octanol–water partition coefficient (Wildman–Crippen LogP) is 3.86. The van der Waals surface area contributed by atoms with Gasteiger partial charge in [-0.05, 0) is 30.7 Å². The second-order valence-corrected chi connectivity index (χ2v) is 4.75. The Labute approximate surface area is 120 Å². The Hall–Kier alpha value is -1.10. The molecule has 6 heteroatoms. The fourth-order valence-corrected chi connectivity index (χ4v) is 2.53. The highest BCUT2D eigenvalue weighted by Crippen LogP contribution is 2.27. The molecule has 2 aromatic rings. The zero-order chi connectivity index (χ0) is 14.0. The van der Waals surface area contributed by atoms with E-state index in [1.807, 2.05) is 0 Å². The summed E-state index contributed by atoms with van der Waals surface area (Å²) in [6.45, 7) is 2.13. The Kier molecular flexibility index (Phi) is 4.45. The number of nitrogens with zero attached hydrogens (tertiary/aromatic N) is 2. The number of hydrogen-bond donors (Lipinski definition) is 0. The Morgan fingerprint density at radius 2 is 2.16 bits per heavy atom. The minimum atomic E-state index is -0.292. The number of halogens is 3. The van der Waals surface area contributed by atoms with E-state index in [9.17, 15) is 4.39 Å². The van der Waals surface area contributed by atoms with Gasteiger partial charge in [-0.25, -0.2) is 9.07 Å². The van der Waals surface area contributed by atoms with E-state index in [0.29, 0.717) is 17.5 Å². The second-order valence-electron chi connectivity index (χ2n) is 4.13. The largest absolute Gasteiger partial charge is 0.378 e. The SMILES string of the molecule is COCc1nn(-c2ccc(F)cc2C)c(Cl)c1CCl. The highest BCUT2D eigenvalue weighted by molar-refractivity contribution is 6.31. The van der Waals surface area contributed by atoms with Crippen molar-refractivity contribution in [3.05, 3.63) is 46.0 Å². The molecule has 0 saturated heterocycles. The van der Waals surface area contributed by atoms with Crippen molar-refractivity contribution < 1.29 is 9.13 Å². The van der Waals surface area contributed by atoms with Crippen LogP contribution in [0.15, 0.2) is 18.2 Å². The molecule has 1 aromatic heterocycles. The maximum absolute atomic E-state index is 13.1. The lowest BCUT2D eigenvalue weighted by molar-refractivity contribution is 0.180. The van der Waals surface area contributed by atoms with Crippen molar-refractivity contribution in [1.29, 1.82) is 0 Å². The van der Waals surface area contributed by atoms with Gasteiger partial charge in [0.2, 0.25) is 0 Å². The van der Waals surface area contributed by atoms with E-state index in [4.69, 9.17) is 27.9 Å². The first-order chi connectivity index (χ1) is 9.08. The van der Waals surface area contributed by atoms with Gasteiger partial charge in [0.05, 0.1) is 23.9 Å². The molecule has 0 radical (unpaired) electrons. The first kappa shape index (κ1) is 14.3. The van der Waals surface area contributed by atoms with E-state index in [2.05, 4.69) is 5.10 Å². The summed E-state index contributed by atoms with van der Waals surface area (Å²) < 4.78 is 19.8. The van der Waals surface area contributed by atoms with Crippen LogP contribution in [-0.4, -0.2) is 16.9 Å². The molecule has 0 fully saturated rings. The predicted molar refractivity (Wildman–Crippen MR) is 73.5 cm³/mol. The summed E-state index contributed by atoms with van der Waals surface area (Å²) >= 11 is 12.2. The average Bonchev–Trinajstić information content (AvgIpc) is 2.66. The van der Waals surface area contributed by atoms with Crippen LogP contribution in [0.25, 0.3) is 5.69 Å². The van der Waals surface area contributed by atoms with Gasteiger partial charge in [-0.15, -0.1) is 11.6 Å². The maximum atomic E-state index is 13.1. The number of hydrogen-bond acceptors (Lipinski definition) is 2. The number of methoxy groups -OCH3 is 1. The van der Waals surface area contributed by atoms with Crippen molar-refractivity contribution in [1.82, 2.24) is 9.78 Å². The van der Waals surface area contributed by atoms with Crippen LogP contribution in [-0.2, 0) is 17.2 Å². The molecule has 0 unspecified atom stereocenters. The van der Waals surface area contributed by atoms with Crippen molar-refractivity contribution in [2.24, 2.45) is 0 Å². The third kappa shape index (κ3) is 2.76. The first-order valence-electron chi connectivity index (χ1n) is 5.66. The van der Waals surface area contributed by atoms with Gasteiger partial charge in [-0.2, -0.15) is 5.10 Å². The van der Waals surface area contributed by atoms with Crippen LogP contribution in [0.2, 0.25) is 5.15 Å². The van der Waals surface area contributed by atoms with Crippen LogP contribution in [0.3, 0.4) is 0 Å². The summed E-state index contributed by atoms with van der Waals surface area (Å²) in [5.74, 6) is -0.0446. The molecule has 1 aromatic carbocycles. The molecule has 2 rings (SSSR count). The molecular weight excluding hydrogens is 290 g/mol. The molecule has 0 saturated carbocycles. The average molecular weight is 303 g/mol. The maximum Gasteiger partial charge on any atom is 0.137 e. The molecule has 0 spiro atoms. The monoisotopic (exact) mass is 302 g/mol. The lowest BCUT2D eigenvalue weighted by atomic mass is 10.2. The molecule has 0 atom stereocenters. The van der Waals surface area contributed by atoms with Crippen LogP contribution in [0.4, 0.5) is 4.39 Å². The van der Waals surface area contributed by atoms with E-state index in [1.54, 1.807) is 24.8 Å². The minimum Gasteiger partial charge on any atom is -0.378 e. The van der Waals surface area contributed by atoms with Crippen LogP contribution < -0.4 is 0 Å². The Morgan fingerprint density at radius 3 is 2.74 bits per heavy atom. The van der Waals surface area contributed by atoms with Crippen molar-refractivity contribution in [2.75, 3.05) is 7.11 Å². The molecule has 102 valence electrons. The third-order valence-corrected chi connectivity index (χ3v) is 3.46. The lowest BCUT2D eigenvalue weighted by Crippen LogP contribution is -2.01. The fraction of sp³-hybridized carbons (Fsp3) is 0.308. The van der Waals surface area contributed by atoms with Gasteiger partial charge in [0.1, 0.15) is 11.0 Å². The molecule has 3 nitrogen and oxygen atoms in total. The summed E-state index contributed by atoms with van der Waals surface area (Å²) in [5, 5.41) is 4.81. The van der Waals surface area contributed by atoms with Crippen molar-refractivity contribution >= 4 is 23.2 Å². The minimum absolute atomic E-state index is 0.248. The second kappa shape index (κ2) is 5.90. The first-order valence-corrected chi connectivity index (χ1v) is 6.57. The van der Waals surface area contributed by atoms with Gasteiger partial charge >= 0.3 is 0 Å². The highest BCUT2D eigenvalue weighted by atomic mass is 35.5. The van der Waals surface area contributed by atoms with Gasteiger partial charge in [0.15, 0.2) is 0 Å². The van der Waals surface area contributed by atoms with Crippen molar-refractivity contribution in [3.8, 4) is 5.69 Å². The Bertz CT molecular complexity index is 599. The van der Waals surface area contributed by atoms with Crippen LogP contribution in [0, 0.1) is 12.7 Å². The summed E-state index contributed by atoms with van der Waals surface area (Å²) in [6, 6.07) is 4.44. The van der Waals surface area contributed by atoms with Gasteiger partial charge in [-0.1, -0.05) is 11.6 Å². The summed E-state index contributed by atoms with van der Waals surface area (Å²) in [4.78, 5) is 0. The normalized spacial score (nSPS) is 11.0. The smallest absolute Gasteiger partial charge is 0.137 e. The summed E-state index contributed by atoms with van der Waals surface area (Å²) in [5.41, 5.74) is 2.88. The zero-order valence-electron chi connectivity index (χ0n) is 10.6. The Morgan fingerprint density at radius 1 is 1.42 bits per heavy atom. The number of aryl methyl sites for hydroxylation is 1. The molecule has 0 amide bonds. The van der Waals surface area contributed by atoms with Gasteiger partial charge < -0.3 is 4.74 Å². The van der Waals surface area contributed by atoms with Crippen LogP contribution >= 0.6 is 23.2 Å². The topological polar surface area (TPSA) is 27.1 Å². The zero-order valence-corrected chi connectivity index (χ0v) is 12.1. The lowest BCUT2D eigenvalue weighted by Gasteiger charge is -2.07. The fourth-order valence-electron chi connectivity index (χ4n) is 1.87. The van der Waals surface area contributed by atoms with Crippen LogP contribution in [0.1, 0.15) is 16.8 Å². The van der Waals surface area contributed by atoms with Crippen molar-refractivity contribution in [3.63, 3.8) is 0 Å². The third-order valence-electron chi connectivity index (χ3n) is 2.81. The van der Waals surface area contributed by atoms with E-state index < -0.39 is 0 Å². The van der Waals surface area contributed by atoms with E-state index in [1.165, 1.54) is 12.1 Å². The van der Waals surface area contributed by atoms with Crippen LogP contribution in [0.5, 0.6) is 0 Å². The number of rotatable bonds is 4. The quantitative estimate of drug-likeness (QED) is 0.802. The number of aromatic nitrogens is 2. The molecule has 0 bridgehead atoms. The van der Waals surface area contributed by atoms with Gasteiger partial charge in [-0.3, -0.25) is 0 Å². The van der Waals surface area contributed by atoms with Crippen molar-refractivity contribution in [2.45, 2.75) is 19.4 Å². The summed E-state index contributed by atoms with van der Waals surface area (Å²) in [6.07, 6.45) is 0.